The third kappa shape index (κ3) is 7.06. The Morgan fingerprint density at radius 3 is 2.70 bits per heavy atom. The highest BCUT2D eigenvalue weighted by atomic mass is 127. The van der Waals surface area contributed by atoms with Gasteiger partial charge >= 0.3 is 0 Å². The van der Waals surface area contributed by atoms with E-state index in [9.17, 15) is 9.59 Å². The molecule has 9 heteroatoms. The maximum absolute atomic E-state index is 12.7. The standard InChI is InChI=1S/C21H25IN4O3S/c1-4-29-11-10-19(30-21(28)17-8-6-5-7-9-17)15(2)26(14-27)13-18-12-23-16(3)24-20(18)25-22/h5-9,12,14H,4,10-11,13H2,1-3H3,(H,23,24,25)/b19-15-. The number of carbonyl (C=O) groups excluding carboxylic acids is 2. The minimum Gasteiger partial charge on any atom is -0.381 e. The molecule has 1 aromatic heterocycles. The van der Waals surface area contributed by atoms with Gasteiger partial charge in [0.15, 0.2) is 0 Å². The summed E-state index contributed by atoms with van der Waals surface area (Å²) < 4.78 is 8.50. The van der Waals surface area contributed by atoms with Gasteiger partial charge < -0.3 is 13.2 Å². The lowest BCUT2D eigenvalue weighted by atomic mass is 10.2. The van der Waals surface area contributed by atoms with Crippen LogP contribution >= 0.6 is 34.6 Å². The topological polar surface area (TPSA) is 84.4 Å². The van der Waals surface area contributed by atoms with E-state index in [2.05, 4.69) is 13.5 Å². The molecule has 0 aliphatic carbocycles. The molecule has 1 aromatic carbocycles. The number of carbonyl (C=O) groups is 2. The Morgan fingerprint density at radius 2 is 2.07 bits per heavy atom. The lowest BCUT2D eigenvalue weighted by molar-refractivity contribution is -0.116. The summed E-state index contributed by atoms with van der Waals surface area (Å²) in [6, 6.07) is 9.10. The zero-order chi connectivity index (χ0) is 21.9. The van der Waals surface area contributed by atoms with Crippen LogP contribution in [0.4, 0.5) is 5.82 Å². The first kappa shape index (κ1) is 24.3. The number of aryl methyl sites for hydroxylation is 1. The van der Waals surface area contributed by atoms with Crippen molar-refractivity contribution < 1.29 is 14.3 Å². The molecule has 1 N–H and O–H groups in total. The summed E-state index contributed by atoms with van der Waals surface area (Å²) in [6.07, 6.45) is 3.00. The number of hydrogen-bond acceptors (Lipinski definition) is 7. The van der Waals surface area contributed by atoms with Gasteiger partial charge in [0.2, 0.25) is 11.5 Å². The molecular formula is C21H25IN4O3S. The molecule has 0 spiro atoms. The maximum Gasteiger partial charge on any atom is 0.223 e. The number of halogens is 1. The van der Waals surface area contributed by atoms with Crippen LogP contribution in [0.15, 0.2) is 47.1 Å². The first-order valence-corrected chi connectivity index (χ1v) is 11.4. The minimum absolute atomic E-state index is 0.0689. The molecular weight excluding hydrogens is 515 g/mol. The average Bonchev–Trinajstić information content (AvgIpc) is 2.77. The predicted molar refractivity (Wildman–Crippen MR) is 128 cm³/mol. The number of ether oxygens (including phenoxy) is 1. The van der Waals surface area contributed by atoms with Crippen LogP contribution in [0.2, 0.25) is 0 Å². The van der Waals surface area contributed by atoms with Crippen molar-refractivity contribution in [3.8, 4) is 0 Å². The van der Waals surface area contributed by atoms with Gasteiger partial charge in [-0.15, -0.1) is 0 Å². The van der Waals surface area contributed by atoms with Gasteiger partial charge in [0.1, 0.15) is 11.6 Å². The fraction of sp³-hybridized carbons (Fsp3) is 0.333. The van der Waals surface area contributed by atoms with E-state index in [1.807, 2.05) is 61.8 Å². The van der Waals surface area contributed by atoms with Crippen LogP contribution in [0.5, 0.6) is 0 Å². The summed E-state index contributed by atoms with van der Waals surface area (Å²) in [5.74, 6) is 1.30. The van der Waals surface area contributed by atoms with Gasteiger partial charge in [-0.1, -0.05) is 30.3 Å². The van der Waals surface area contributed by atoms with Crippen LogP contribution in [-0.4, -0.2) is 39.6 Å². The van der Waals surface area contributed by atoms with Crippen molar-refractivity contribution in [3.05, 3.63) is 64.1 Å². The van der Waals surface area contributed by atoms with E-state index in [0.717, 1.165) is 28.6 Å². The average molecular weight is 540 g/mol. The van der Waals surface area contributed by atoms with Gasteiger partial charge in [0, 0.05) is 41.0 Å². The summed E-state index contributed by atoms with van der Waals surface area (Å²) in [7, 11) is 0. The molecule has 2 aromatic rings. The quantitative estimate of drug-likeness (QED) is 0.191. The highest BCUT2D eigenvalue weighted by Gasteiger charge is 2.18. The molecule has 7 nitrogen and oxygen atoms in total. The second-order valence-electron chi connectivity index (χ2n) is 6.33. The van der Waals surface area contributed by atoms with Crippen LogP contribution in [0.1, 0.15) is 42.0 Å². The van der Waals surface area contributed by atoms with E-state index in [1.165, 1.54) is 0 Å². The van der Waals surface area contributed by atoms with E-state index < -0.39 is 0 Å². The third-order valence-corrected chi connectivity index (χ3v) is 5.96. The van der Waals surface area contributed by atoms with Crippen LogP contribution in [0, 0.1) is 6.92 Å². The molecule has 1 amide bonds. The fourth-order valence-corrected chi connectivity index (χ4v) is 4.03. The van der Waals surface area contributed by atoms with E-state index in [0.29, 0.717) is 49.1 Å². The van der Waals surface area contributed by atoms with Gasteiger partial charge in [-0.05, 0) is 32.5 Å². The monoisotopic (exact) mass is 540 g/mol. The number of nitrogens with zero attached hydrogens (tertiary/aromatic N) is 3. The van der Waals surface area contributed by atoms with E-state index in [1.54, 1.807) is 23.2 Å². The number of nitrogens with one attached hydrogen (secondary N) is 1. The molecule has 0 saturated carbocycles. The number of hydrogen-bond donors (Lipinski definition) is 1. The third-order valence-electron chi connectivity index (χ3n) is 4.28. The number of amides is 1. The fourth-order valence-electron chi connectivity index (χ4n) is 2.63. The van der Waals surface area contributed by atoms with E-state index >= 15 is 0 Å². The molecule has 1 heterocycles. The smallest absolute Gasteiger partial charge is 0.223 e. The van der Waals surface area contributed by atoms with Crippen molar-refractivity contribution in [1.82, 2.24) is 14.9 Å². The van der Waals surface area contributed by atoms with Crippen LogP contribution in [0.3, 0.4) is 0 Å². The SMILES string of the molecule is CCOCC/C(SC(=O)c1ccccc1)=C(\C)N(C=O)Cc1cnc(C)nc1NI. The Morgan fingerprint density at radius 1 is 1.33 bits per heavy atom. The van der Waals surface area contributed by atoms with Crippen LogP contribution in [-0.2, 0) is 16.1 Å². The largest absolute Gasteiger partial charge is 0.381 e. The van der Waals surface area contributed by atoms with Crippen molar-refractivity contribution in [2.75, 3.05) is 16.7 Å². The van der Waals surface area contributed by atoms with E-state index in [4.69, 9.17) is 4.74 Å². The zero-order valence-corrected chi connectivity index (χ0v) is 20.2. The second-order valence-corrected chi connectivity index (χ2v) is 7.94. The number of benzene rings is 1. The van der Waals surface area contributed by atoms with Gasteiger partial charge in [-0.25, -0.2) is 9.97 Å². The molecule has 2 rings (SSSR count). The first-order chi connectivity index (χ1) is 14.5. The predicted octanol–water partition coefficient (Wildman–Crippen LogP) is 4.74. The molecule has 0 saturated heterocycles. The Kier molecular flexibility index (Phi) is 10.2. The second kappa shape index (κ2) is 12.7. The summed E-state index contributed by atoms with van der Waals surface area (Å²) in [4.78, 5) is 35.6. The Labute approximate surface area is 195 Å². The number of rotatable bonds is 11. The Balaban J connectivity index is 2.30. The highest BCUT2D eigenvalue weighted by Crippen LogP contribution is 2.29. The summed E-state index contributed by atoms with van der Waals surface area (Å²) in [5, 5.41) is -0.0689. The molecule has 30 heavy (non-hydrogen) atoms. The van der Waals surface area contributed by atoms with Gasteiger partial charge in [0.05, 0.1) is 36.0 Å². The van der Waals surface area contributed by atoms with Crippen LogP contribution < -0.4 is 3.53 Å². The van der Waals surface area contributed by atoms with Gasteiger partial charge in [-0.3, -0.25) is 9.59 Å². The highest BCUT2D eigenvalue weighted by molar-refractivity contribution is 14.1. The molecule has 0 fully saturated rings. The lowest BCUT2D eigenvalue weighted by Crippen LogP contribution is -2.22. The summed E-state index contributed by atoms with van der Waals surface area (Å²) >= 11 is 3.14. The number of anilines is 1. The molecule has 0 bridgehead atoms. The van der Waals surface area contributed by atoms with Crippen LogP contribution in [0.25, 0.3) is 0 Å². The maximum atomic E-state index is 12.7. The van der Waals surface area contributed by atoms with Crippen molar-refractivity contribution >= 4 is 52.0 Å². The molecule has 0 aliphatic rings. The Hall–Kier alpha value is -1.98. The summed E-state index contributed by atoms with van der Waals surface area (Å²) in [5.41, 5.74) is 2.11. The molecule has 0 unspecified atom stereocenters. The van der Waals surface area contributed by atoms with Gasteiger partial charge in [0.25, 0.3) is 0 Å². The van der Waals surface area contributed by atoms with Gasteiger partial charge in [-0.2, -0.15) is 0 Å². The molecule has 0 atom stereocenters. The number of thioether (sulfide) groups is 1. The minimum atomic E-state index is -0.0689. The Bertz CT molecular complexity index is 893. The number of allylic oxidation sites excluding steroid dienone is 1. The summed E-state index contributed by atoms with van der Waals surface area (Å²) in [6.45, 7) is 6.92. The van der Waals surface area contributed by atoms with Crippen molar-refractivity contribution in [1.29, 1.82) is 0 Å². The zero-order valence-electron chi connectivity index (χ0n) is 17.2. The molecule has 0 aliphatic heterocycles. The van der Waals surface area contributed by atoms with Crippen molar-refractivity contribution in [3.63, 3.8) is 0 Å². The lowest BCUT2D eigenvalue weighted by Gasteiger charge is -2.22. The normalized spacial score (nSPS) is 11.6. The first-order valence-electron chi connectivity index (χ1n) is 9.46. The van der Waals surface area contributed by atoms with E-state index in [-0.39, 0.29) is 5.12 Å². The van der Waals surface area contributed by atoms with Crippen molar-refractivity contribution in [2.45, 2.75) is 33.7 Å². The molecule has 0 radical (unpaired) electrons. The molecule has 160 valence electrons. The van der Waals surface area contributed by atoms with Crippen molar-refractivity contribution in [2.24, 2.45) is 0 Å². The number of aromatic nitrogens is 2.